The molecular weight excluding hydrogens is 246 g/mol. The van der Waals surface area contributed by atoms with Crippen molar-refractivity contribution in [1.82, 2.24) is 9.80 Å². The third kappa shape index (κ3) is 3.05. The van der Waals surface area contributed by atoms with Gasteiger partial charge >= 0.3 is 0 Å². The van der Waals surface area contributed by atoms with Crippen molar-refractivity contribution in [3.05, 3.63) is 34.9 Å². The molecule has 0 amide bonds. The van der Waals surface area contributed by atoms with Crippen LogP contribution in [0.5, 0.6) is 0 Å². The molecule has 1 aromatic carbocycles. The number of aryl methyl sites for hydroxylation is 1. The van der Waals surface area contributed by atoms with Crippen LogP contribution in [0, 0.1) is 13.8 Å². The van der Waals surface area contributed by atoms with Gasteiger partial charge in [0, 0.05) is 38.3 Å². The highest BCUT2D eigenvalue weighted by Crippen LogP contribution is 2.27. The second-order valence-corrected chi connectivity index (χ2v) is 6.08. The van der Waals surface area contributed by atoms with Crippen LogP contribution < -0.4 is 5.73 Å². The number of piperazine rings is 1. The average molecular weight is 275 g/mol. The zero-order valence-electron chi connectivity index (χ0n) is 13.4. The summed E-state index contributed by atoms with van der Waals surface area (Å²) in [6, 6.07) is 7.61. The van der Waals surface area contributed by atoms with Gasteiger partial charge in [0.25, 0.3) is 0 Å². The van der Waals surface area contributed by atoms with Crippen LogP contribution in [0.25, 0.3) is 0 Å². The molecule has 0 radical (unpaired) electrons. The lowest BCUT2D eigenvalue weighted by molar-refractivity contribution is 0.0642. The van der Waals surface area contributed by atoms with Crippen molar-refractivity contribution in [3.8, 4) is 0 Å². The van der Waals surface area contributed by atoms with Crippen LogP contribution >= 0.6 is 0 Å². The van der Waals surface area contributed by atoms with Crippen molar-refractivity contribution < 1.29 is 0 Å². The molecule has 1 fully saturated rings. The van der Waals surface area contributed by atoms with E-state index in [1.165, 1.54) is 23.1 Å². The number of hydrogen-bond acceptors (Lipinski definition) is 3. The summed E-state index contributed by atoms with van der Waals surface area (Å²) in [7, 11) is 2.24. The lowest BCUT2D eigenvalue weighted by Crippen LogP contribution is -2.53. The second-order valence-electron chi connectivity index (χ2n) is 6.08. The summed E-state index contributed by atoms with van der Waals surface area (Å²) in [5.41, 5.74) is 10.3. The first-order valence-corrected chi connectivity index (χ1v) is 7.79. The summed E-state index contributed by atoms with van der Waals surface area (Å²) >= 11 is 0. The van der Waals surface area contributed by atoms with E-state index in [1.807, 2.05) is 0 Å². The molecule has 1 aliphatic heterocycles. The van der Waals surface area contributed by atoms with E-state index in [-0.39, 0.29) is 0 Å². The Kier molecular flexibility index (Phi) is 5.19. The Balaban J connectivity index is 2.22. The average Bonchev–Trinajstić information content (AvgIpc) is 2.45. The highest BCUT2D eigenvalue weighted by atomic mass is 15.3. The Morgan fingerprint density at radius 2 is 2.05 bits per heavy atom. The number of rotatable bonds is 4. The fourth-order valence-electron chi connectivity index (χ4n) is 3.30. The maximum absolute atomic E-state index is 6.12. The van der Waals surface area contributed by atoms with Crippen LogP contribution in [0.4, 0.5) is 0 Å². The topological polar surface area (TPSA) is 32.5 Å². The Labute approximate surface area is 123 Å². The van der Waals surface area contributed by atoms with Gasteiger partial charge in [0.1, 0.15) is 0 Å². The molecule has 2 atom stereocenters. The van der Waals surface area contributed by atoms with Crippen molar-refractivity contribution in [3.63, 3.8) is 0 Å². The van der Waals surface area contributed by atoms with Crippen LogP contribution in [-0.2, 0) is 0 Å². The molecular formula is C17H29N3. The van der Waals surface area contributed by atoms with E-state index >= 15 is 0 Å². The number of nitrogens with zero attached hydrogens (tertiary/aromatic N) is 2. The van der Waals surface area contributed by atoms with Gasteiger partial charge in [0.05, 0.1) is 0 Å². The van der Waals surface area contributed by atoms with E-state index in [1.54, 1.807) is 0 Å². The van der Waals surface area contributed by atoms with E-state index in [0.29, 0.717) is 18.6 Å². The predicted molar refractivity (Wildman–Crippen MR) is 86.0 cm³/mol. The standard InChI is InChI=1S/C17H29N3/c1-5-15-12-20(10-9-19(15)4)17(11-18)16-8-6-7-13(2)14(16)3/h6-8,15,17H,5,9-12,18H2,1-4H3. The van der Waals surface area contributed by atoms with Crippen molar-refractivity contribution in [1.29, 1.82) is 0 Å². The highest BCUT2D eigenvalue weighted by molar-refractivity contribution is 5.35. The molecule has 1 aliphatic rings. The van der Waals surface area contributed by atoms with Gasteiger partial charge in [-0.15, -0.1) is 0 Å². The van der Waals surface area contributed by atoms with Crippen LogP contribution in [0.15, 0.2) is 18.2 Å². The van der Waals surface area contributed by atoms with Gasteiger partial charge in [0.2, 0.25) is 0 Å². The summed E-state index contributed by atoms with van der Waals surface area (Å²) in [5, 5.41) is 0. The number of benzene rings is 1. The lowest BCUT2D eigenvalue weighted by atomic mass is 9.95. The van der Waals surface area contributed by atoms with Gasteiger partial charge in [-0.25, -0.2) is 0 Å². The van der Waals surface area contributed by atoms with Crippen LogP contribution in [0.2, 0.25) is 0 Å². The zero-order valence-corrected chi connectivity index (χ0v) is 13.4. The Bertz CT molecular complexity index is 444. The van der Waals surface area contributed by atoms with Crippen molar-refractivity contribution in [2.75, 3.05) is 33.2 Å². The highest BCUT2D eigenvalue weighted by Gasteiger charge is 2.28. The van der Waals surface area contributed by atoms with Crippen LogP contribution in [-0.4, -0.2) is 49.1 Å². The molecule has 0 saturated carbocycles. The third-order valence-electron chi connectivity index (χ3n) is 4.95. The maximum Gasteiger partial charge on any atom is 0.0474 e. The summed E-state index contributed by atoms with van der Waals surface area (Å²) in [6.07, 6.45) is 1.21. The molecule has 1 heterocycles. The summed E-state index contributed by atoms with van der Waals surface area (Å²) in [5.74, 6) is 0. The van der Waals surface area contributed by atoms with Gasteiger partial charge in [-0.3, -0.25) is 4.90 Å². The van der Waals surface area contributed by atoms with Gasteiger partial charge in [-0.1, -0.05) is 25.1 Å². The van der Waals surface area contributed by atoms with Crippen molar-refractivity contribution >= 4 is 0 Å². The molecule has 2 rings (SSSR count). The normalized spacial score (nSPS) is 22.9. The Morgan fingerprint density at radius 1 is 1.30 bits per heavy atom. The van der Waals surface area contributed by atoms with Crippen molar-refractivity contribution in [2.24, 2.45) is 5.73 Å². The van der Waals surface area contributed by atoms with E-state index in [4.69, 9.17) is 5.73 Å². The molecule has 3 heteroatoms. The largest absolute Gasteiger partial charge is 0.329 e. The van der Waals surface area contributed by atoms with Gasteiger partial charge in [-0.2, -0.15) is 0 Å². The quantitative estimate of drug-likeness (QED) is 0.915. The SMILES string of the molecule is CCC1CN(C(CN)c2cccc(C)c2C)CCN1C. The minimum absolute atomic E-state index is 0.359. The van der Waals surface area contributed by atoms with Crippen LogP contribution in [0.1, 0.15) is 36.1 Å². The summed E-state index contributed by atoms with van der Waals surface area (Å²) < 4.78 is 0. The van der Waals surface area contributed by atoms with E-state index in [9.17, 15) is 0 Å². The molecule has 0 aromatic heterocycles. The molecule has 20 heavy (non-hydrogen) atoms. The molecule has 2 N–H and O–H groups in total. The number of hydrogen-bond donors (Lipinski definition) is 1. The van der Waals surface area contributed by atoms with Gasteiger partial charge in [0.15, 0.2) is 0 Å². The molecule has 3 nitrogen and oxygen atoms in total. The Morgan fingerprint density at radius 3 is 2.70 bits per heavy atom. The number of likely N-dealkylation sites (N-methyl/N-ethyl adjacent to an activating group) is 1. The monoisotopic (exact) mass is 275 g/mol. The molecule has 0 spiro atoms. The molecule has 0 aliphatic carbocycles. The van der Waals surface area contributed by atoms with Gasteiger partial charge < -0.3 is 10.6 Å². The molecule has 1 aromatic rings. The van der Waals surface area contributed by atoms with Crippen LogP contribution in [0.3, 0.4) is 0 Å². The first-order valence-electron chi connectivity index (χ1n) is 7.79. The summed E-state index contributed by atoms with van der Waals surface area (Å²) in [6.45, 7) is 10.8. The van der Waals surface area contributed by atoms with E-state index < -0.39 is 0 Å². The molecule has 2 unspecified atom stereocenters. The molecule has 112 valence electrons. The lowest BCUT2D eigenvalue weighted by Gasteiger charge is -2.43. The first-order chi connectivity index (χ1) is 9.58. The second kappa shape index (κ2) is 6.70. The van der Waals surface area contributed by atoms with Gasteiger partial charge in [-0.05, 0) is 44.0 Å². The Hall–Kier alpha value is -0.900. The molecule has 0 bridgehead atoms. The first kappa shape index (κ1) is 15.5. The summed E-state index contributed by atoms with van der Waals surface area (Å²) in [4.78, 5) is 5.06. The smallest absolute Gasteiger partial charge is 0.0474 e. The minimum Gasteiger partial charge on any atom is -0.329 e. The van der Waals surface area contributed by atoms with Crippen molar-refractivity contribution in [2.45, 2.75) is 39.3 Å². The van der Waals surface area contributed by atoms with E-state index in [2.05, 4.69) is 55.8 Å². The maximum atomic E-state index is 6.12. The fourth-order valence-corrected chi connectivity index (χ4v) is 3.30. The predicted octanol–water partition coefficient (Wildman–Crippen LogP) is 2.33. The van der Waals surface area contributed by atoms with E-state index in [0.717, 1.165) is 19.6 Å². The molecule has 1 saturated heterocycles. The fraction of sp³-hybridized carbons (Fsp3) is 0.647. The number of nitrogens with two attached hydrogens (primary N) is 1. The zero-order chi connectivity index (χ0) is 14.7. The minimum atomic E-state index is 0.359. The third-order valence-corrected chi connectivity index (χ3v) is 4.95.